The maximum absolute atomic E-state index is 14.5. The van der Waals surface area contributed by atoms with Gasteiger partial charge < -0.3 is 19.6 Å². The number of carbonyl (C=O) groups excluding carboxylic acids is 3. The second-order valence-electron chi connectivity index (χ2n) is 12.4. The van der Waals surface area contributed by atoms with Crippen LogP contribution in [-0.2, 0) is 19.1 Å². The summed E-state index contributed by atoms with van der Waals surface area (Å²) in [5.41, 5.74) is -0.379. The Morgan fingerprint density at radius 1 is 1.08 bits per heavy atom. The zero-order valence-corrected chi connectivity index (χ0v) is 23.2. The lowest BCUT2D eigenvalue weighted by molar-refractivity contribution is -0.153. The van der Waals surface area contributed by atoms with Gasteiger partial charge in [-0.25, -0.2) is 0 Å². The first-order valence-electron chi connectivity index (χ1n) is 13.3. The van der Waals surface area contributed by atoms with Crippen molar-refractivity contribution in [1.82, 2.24) is 9.80 Å². The van der Waals surface area contributed by atoms with Gasteiger partial charge in [0.1, 0.15) is 6.04 Å². The number of likely N-dealkylation sites (tertiary alicyclic amines) is 1. The van der Waals surface area contributed by atoms with Crippen LogP contribution in [-0.4, -0.2) is 80.6 Å². The third-order valence-corrected chi connectivity index (χ3v) is 9.62. The van der Waals surface area contributed by atoms with Crippen molar-refractivity contribution in [2.75, 3.05) is 26.3 Å². The number of amides is 2. The molecule has 0 radical (unpaired) electrons. The first kappa shape index (κ1) is 27.2. The van der Waals surface area contributed by atoms with Gasteiger partial charge in [0.25, 0.3) is 0 Å². The average molecular weight is 519 g/mol. The summed E-state index contributed by atoms with van der Waals surface area (Å²) in [4.78, 5) is 45.4. The van der Waals surface area contributed by atoms with E-state index in [9.17, 15) is 19.5 Å². The van der Waals surface area contributed by atoms with Gasteiger partial charge in [-0.15, -0.1) is 11.8 Å². The maximum atomic E-state index is 14.5. The molecule has 2 saturated heterocycles. The number of unbranched alkanes of at least 4 members (excludes halogenated alkanes) is 2. The molecule has 0 aliphatic carbocycles. The van der Waals surface area contributed by atoms with E-state index >= 15 is 0 Å². The number of cyclic esters (lactones) is 1. The minimum atomic E-state index is -0.805. The van der Waals surface area contributed by atoms with E-state index < -0.39 is 28.2 Å². The molecule has 1 N–H and O–H groups in total. The van der Waals surface area contributed by atoms with E-state index in [1.165, 1.54) is 0 Å². The van der Waals surface area contributed by atoms with Crippen LogP contribution < -0.4 is 0 Å². The lowest BCUT2D eigenvalue weighted by atomic mass is 9.78. The Morgan fingerprint density at radius 2 is 1.83 bits per heavy atom. The molecule has 7 nitrogen and oxygen atoms in total. The molecule has 0 saturated carbocycles. The lowest BCUT2D eigenvalue weighted by Gasteiger charge is -2.44. The summed E-state index contributed by atoms with van der Waals surface area (Å²) in [7, 11) is 0. The van der Waals surface area contributed by atoms with Crippen molar-refractivity contribution >= 4 is 29.5 Å². The van der Waals surface area contributed by atoms with Crippen LogP contribution in [0.2, 0.25) is 0 Å². The van der Waals surface area contributed by atoms with Gasteiger partial charge in [0.05, 0.1) is 23.2 Å². The quantitative estimate of drug-likeness (QED) is 0.315. The smallest absolute Gasteiger partial charge is 0.311 e. The summed E-state index contributed by atoms with van der Waals surface area (Å²) in [6.45, 7) is 12.1. The molecular weight excluding hydrogens is 476 g/mol. The van der Waals surface area contributed by atoms with Gasteiger partial charge in [0, 0.05) is 30.5 Å². The van der Waals surface area contributed by atoms with Crippen LogP contribution in [0, 0.1) is 17.3 Å². The van der Waals surface area contributed by atoms with Crippen LogP contribution in [0.15, 0.2) is 24.3 Å². The second kappa shape index (κ2) is 10.2. The van der Waals surface area contributed by atoms with Crippen LogP contribution in [0.4, 0.5) is 0 Å². The van der Waals surface area contributed by atoms with Crippen LogP contribution in [0.1, 0.15) is 66.7 Å². The van der Waals surface area contributed by atoms with E-state index in [4.69, 9.17) is 4.74 Å². The number of fused-ring (bicyclic) bond motifs is 2. The average Bonchev–Trinajstić information content (AvgIpc) is 3.13. The first-order chi connectivity index (χ1) is 16.9. The Balaban J connectivity index is 1.76. The highest BCUT2D eigenvalue weighted by Gasteiger charge is 2.71. The highest BCUT2D eigenvalue weighted by atomic mass is 32.2. The summed E-state index contributed by atoms with van der Waals surface area (Å²) in [5.74, 6) is -1.72. The molecule has 0 aromatic heterocycles. The number of nitrogens with zero attached hydrogens (tertiary/aromatic N) is 2. The number of rotatable bonds is 7. The van der Waals surface area contributed by atoms with Crippen molar-refractivity contribution in [2.45, 2.75) is 88.3 Å². The third-order valence-electron chi connectivity index (χ3n) is 7.87. The van der Waals surface area contributed by atoms with Crippen molar-refractivity contribution in [3.8, 4) is 0 Å². The van der Waals surface area contributed by atoms with Gasteiger partial charge in [-0.2, -0.15) is 0 Å². The first-order valence-corrected chi connectivity index (χ1v) is 14.2. The number of ether oxygens (including phenoxy) is 1. The normalized spacial score (nSPS) is 32.6. The zero-order chi connectivity index (χ0) is 26.3. The fourth-order valence-electron chi connectivity index (χ4n) is 6.86. The van der Waals surface area contributed by atoms with Gasteiger partial charge in [-0.3, -0.25) is 14.4 Å². The molecule has 0 aromatic carbocycles. The van der Waals surface area contributed by atoms with Crippen molar-refractivity contribution < 1.29 is 24.2 Å². The van der Waals surface area contributed by atoms with Crippen LogP contribution in [0.25, 0.3) is 0 Å². The number of hydrogen-bond donors (Lipinski definition) is 1. The molecular formula is C28H42N2O5S. The van der Waals surface area contributed by atoms with Crippen LogP contribution >= 0.6 is 11.8 Å². The number of aliphatic hydroxyl groups excluding tert-OH is 1. The van der Waals surface area contributed by atoms with Crippen molar-refractivity contribution in [3.63, 3.8) is 0 Å². The molecule has 2 fully saturated rings. The molecule has 2 amide bonds. The lowest BCUT2D eigenvalue weighted by Crippen LogP contribution is -2.58. The Morgan fingerprint density at radius 3 is 2.53 bits per heavy atom. The topological polar surface area (TPSA) is 87.2 Å². The molecule has 4 aliphatic rings. The number of hydrogen-bond acceptors (Lipinski definition) is 6. The van der Waals surface area contributed by atoms with Crippen LogP contribution in [0.3, 0.4) is 0 Å². The minimum absolute atomic E-state index is 0.0254. The summed E-state index contributed by atoms with van der Waals surface area (Å²) >= 11 is 1.59. The SMILES string of the molecule is CC(C)(C)CC(C)(C)N1CC=C[C@]23S[C@H]4C=CCCOC(=O)[C@H]4[C@H]2C(=O)N(CCCCCO)C3C1=O. The van der Waals surface area contributed by atoms with Gasteiger partial charge >= 0.3 is 5.97 Å². The highest BCUT2D eigenvalue weighted by molar-refractivity contribution is 8.02. The molecule has 4 rings (SSSR count). The summed E-state index contributed by atoms with van der Waals surface area (Å²) in [5, 5.41) is 9.02. The van der Waals surface area contributed by atoms with Crippen molar-refractivity contribution in [3.05, 3.63) is 24.3 Å². The molecule has 1 spiro atoms. The van der Waals surface area contributed by atoms with Gasteiger partial charge in [-0.05, 0) is 51.4 Å². The number of aliphatic hydroxyl groups is 1. The largest absolute Gasteiger partial charge is 0.465 e. The molecule has 4 aliphatic heterocycles. The predicted molar refractivity (Wildman–Crippen MR) is 141 cm³/mol. The molecule has 0 aromatic rings. The monoisotopic (exact) mass is 518 g/mol. The van der Waals surface area contributed by atoms with E-state index in [2.05, 4.69) is 40.7 Å². The van der Waals surface area contributed by atoms with Gasteiger partial charge in [-0.1, -0.05) is 45.1 Å². The molecule has 1 unspecified atom stereocenters. The van der Waals surface area contributed by atoms with Gasteiger partial charge in [0.2, 0.25) is 11.8 Å². The Bertz CT molecular complexity index is 939. The summed E-state index contributed by atoms with van der Waals surface area (Å²) in [6.07, 6.45) is 11.8. The molecule has 0 bridgehead atoms. The Kier molecular flexibility index (Phi) is 7.69. The van der Waals surface area contributed by atoms with E-state index in [0.29, 0.717) is 39.0 Å². The predicted octanol–water partition coefficient (Wildman–Crippen LogP) is 3.56. The Labute approximate surface area is 219 Å². The molecule has 36 heavy (non-hydrogen) atoms. The molecule has 8 heteroatoms. The van der Waals surface area contributed by atoms with Gasteiger partial charge in [0.15, 0.2) is 0 Å². The van der Waals surface area contributed by atoms with E-state index in [-0.39, 0.29) is 35.1 Å². The molecule has 200 valence electrons. The number of esters is 1. The third kappa shape index (κ3) is 4.87. The highest BCUT2D eigenvalue weighted by Crippen LogP contribution is 2.61. The van der Waals surface area contributed by atoms with E-state index in [1.807, 2.05) is 23.1 Å². The number of thioether (sulfide) groups is 1. The van der Waals surface area contributed by atoms with E-state index in [1.54, 1.807) is 16.7 Å². The minimum Gasteiger partial charge on any atom is -0.465 e. The zero-order valence-electron chi connectivity index (χ0n) is 22.4. The maximum Gasteiger partial charge on any atom is 0.311 e. The summed E-state index contributed by atoms with van der Waals surface area (Å²) < 4.78 is 4.74. The standard InChI is InChI=1S/C28H42N2O5S/c1-26(2,3)18-27(4,5)30-15-11-13-28-21(20-19(36-28)12-7-10-17-35-25(20)34)23(32)29(22(28)24(30)33)14-8-6-9-16-31/h7,11-13,19-22,31H,6,8-10,14-18H2,1-5H3/t19-,20+,21-,22?,28-/m0/s1. The second-order valence-corrected chi connectivity index (χ2v) is 13.9. The Hall–Kier alpha value is -1.80. The van der Waals surface area contributed by atoms with Crippen molar-refractivity contribution in [2.24, 2.45) is 17.3 Å². The molecule has 5 atom stereocenters. The van der Waals surface area contributed by atoms with E-state index in [0.717, 1.165) is 12.8 Å². The molecule has 4 heterocycles. The van der Waals surface area contributed by atoms with Crippen LogP contribution in [0.5, 0.6) is 0 Å². The number of carbonyl (C=O) groups is 3. The summed E-state index contributed by atoms with van der Waals surface area (Å²) in [6, 6.07) is -0.665. The van der Waals surface area contributed by atoms with Crippen molar-refractivity contribution in [1.29, 1.82) is 0 Å². The fraction of sp³-hybridized carbons (Fsp3) is 0.750. The fourth-order valence-corrected chi connectivity index (χ4v) is 8.86.